The van der Waals surface area contributed by atoms with E-state index in [1.807, 2.05) is 25.1 Å². The van der Waals surface area contributed by atoms with E-state index in [-0.39, 0.29) is 17.3 Å². The Kier molecular flexibility index (Phi) is 4.50. The van der Waals surface area contributed by atoms with Crippen LogP contribution in [0, 0.1) is 0 Å². The molecule has 1 saturated heterocycles. The normalized spacial score (nSPS) is 14.0. The quantitative estimate of drug-likeness (QED) is 0.880. The molecule has 7 nitrogen and oxygen atoms in total. The summed E-state index contributed by atoms with van der Waals surface area (Å²) in [4.78, 5) is 26.0. The molecule has 0 saturated carbocycles. The summed E-state index contributed by atoms with van der Waals surface area (Å²) in [5, 5.41) is 16.0. The van der Waals surface area contributed by atoms with Crippen LogP contribution < -0.4 is 10.2 Å². The summed E-state index contributed by atoms with van der Waals surface area (Å²) in [5.41, 5.74) is 1.49. The molecule has 1 aromatic heterocycles. The molecule has 0 bridgehead atoms. The summed E-state index contributed by atoms with van der Waals surface area (Å²) in [5.74, 6) is -1.41. The molecule has 2 heterocycles. The maximum absolute atomic E-state index is 12.5. The van der Waals surface area contributed by atoms with Gasteiger partial charge in [0.25, 0.3) is 5.91 Å². The Labute approximate surface area is 139 Å². The third-order valence-electron chi connectivity index (χ3n) is 4.13. The van der Waals surface area contributed by atoms with Crippen LogP contribution in [0.25, 0.3) is 0 Å². The molecule has 0 spiro atoms. The minimum Gasteiger partial charge on any atom is -0.477 e. The van der Waals surface area contributed by atoms with Crippen molar-refractivity contribution < 1.29 is 14.7 Å². The highest BCUT2D eigenvalue weighted by molar-refractivity contribution is 6.07. The highest BCUT2D eigenvalue weighted by atomic mass is 16.4. The zero-order valence-electron chi connectivity index (χ0n) is 13.5. The van der Waals surface area contributed by atoms with E-state index >= 15 is 0 Å². The molecule has 0 radical (unpaired) electrons. The van der Waals surface area contributed by atoms with Gasteiger partial charge in [-0.1, -0.05) is 6.07 Å². The number of carboxylic acids is 1. The number of carbonyl (C=O) groups excluding carboxylic acids is 1. The number of aromatic carboxylic acids is 1. The molecule has 0 atom stereocenters. The van der Waals surface area contributed by atoms with Gasteiger partial charge in [0.1, 0.15) is 5.56 Å². The average molecular weight is 328 g/mol. The summed E-state index contributed by atoms with van der Waals surface area (Å²) in [6.07, 6.45) is 3.73. The van der Waals surface area contributed by atoms with Crippen LogP contribution in [-0.2, 0) is 6.54 Å². The van der Waals surface area contributed by atoms with Gasteiger partial charge in [0.2, 0.25) is 0 Å². The SMILES string of the molecule is CCn1cc(C(=O)O)c(NC(=O)c2cccc(N3CCCC3)c2)n1. The lowest BCUT2D eigenvalue weighted by molar-refractivity contribution is 0.0698. The number of anilines is 2. The monoisotopic (exact) mass is 328 g/mol. The molecule has 1 aliphatic heterocycles. The van der Waals surface area contributed by atoms with E-state index in [0.29, 0.717) is 12.1 Å². The Morgan fingerprint density at radius 3 is 2.71 bits per heavy atom. The molecule has 0 aliphatic carbocycles. The van der Waals surface area contributed by atoms with Crippen LogP contribution in [0.1, 0.15) is 40.5 Å². The number of carbonyl (C=O) groups is 2. The lowest BCUT2D eigenvalue weighted by Crippen LogP contribution is -2.19. The van der Waals surface area contributed by atoms with E-state index < -0.39 is 5.97 Å². The van der Waals surface area contributed by atoms with Crippen molar-refractivity contribution in [2.45, 2.75) is 26.3 Å². The molecule has 1 aliphatic rings. The second kappa shape index (κ2) is 6.74. The molecule has 3 rings (SSSR count). The summed E-state index contributed by atoms with van der Waals surface area (Å²) in [7, 11) is 0. The lowest BCUT2D eigenvalue weighted by Gasteiger charge is -2.18. The Morgan fingerprint density at radius 1 is 1.29 bits per heavy atom. The van der Waals surface area contributed by atoms with E-state index in [1.54, 1.807) is 6.07 Å². The van der Waals surface area contributed by atoms with Gasteiger partial charge in [-0.25, -0.2) is 4.79 Å². The van der Waals surface area contributed by atoms with Crippen LogP contribution >= 0.6 is 0 Å². The van der Waals surface area contributed by atoms with Gasteiger partial charge >= 0.3 is 5.97 Å². The van der Waals surface area contributed by atoms with E-state index in [0.717, 1.165) is 31.6 Å². The number of nitrogens with zero attached hydrogens (tertiary/aromatic N) is 3. The van der Waals surface area contributed by atoms with Crippen LogP contribution in [0.3, 0.4) is 0 Å². The predicted octanol–water partition coefficient (Wildman–Crippen LogP) is 2.45. The molecule has 126 valence electrons. The van der Waals surface area contributed by atoms with Crippen molar-refractivity contribution >= 4 is 23.4 Å². The second-order valence-corrected chi connectivity index (χ2v) is 5.75. The van der Waals surface area contributed by atoms with Gasteiger partial charge in [-0.3, -0.25) is 9.48 Å². The van der Waals surface area contributed by atoms with Gasteiger partial charge in [0.05, 0.1) is 0 Å². The number of rotatable bonds is 5. The highest BCUT2D eigenvalue weighted by Gasteiger charge is 2.19. The van der Waals surface area contributed by atoms with Gasteiger partial charge in [-0.05, 0) is 38.0 Å². The molecule has 1 fully saturated rings. The van der Waals surface area contributed by atoms with Gasteiger partial charge in [-0.2, -0.15) is 5.10 Å². The first kappa shape index (κ1) is 16.0. The van der Waals surface area contributed by atoms with Crippen LogP contribution in [-0.4, -0.2) is 39.9 Å². The van der Waals surface area contributed by atoms with Crippen molar-refractivity contribution in [2.24, 2.45) is 0 Å². The molecule has 24 heavy (non-hydrogen) atoms. The van der Waals surface area contributed by atoms with Crippen molar-refractivity contribution in [2.75, 3.05) is 23.3 Å². The van der Waals surface area contributed by atoms with Crippen molar-refractivity contribution in [3.8, 4) is 0 Å². The first-order valence-corrected chi connectivity index (χ1v) is 8.05. The Hall–Kier alpha value is -2.83. The smallest absolute Gasteiger partial charge is 0.341 e. The number of benzene rings is 1. The zero-order valence-corrected chi connectivity index (χ0v) is 13.5. The maximum Gasteiger partial charge on any atom is 0.341 e. The Morgan fingerprint density at radius 2 is 2.04 bits per heavy atom. The Bertz CT molecular complexity index is 763. The van der Waals surface area contributed by atoms with E-state index in [1.165, 1.54) is 10.9 Å². The van der Waals surface area contributed by atoms with E-state index in [4.69, 9.17) is 0 Å². The van der Waals surface area contributed by atoms with Crippen molar-refractivity contribution in [1.29, 1.82) is 0 Å². The van der Waals surface area contributed by atoms with E-state index in [2.05, 4.69) is 15.3 Å². The fourth-order valence-electron chi connectivity index (χ4n) is 2.83. The molecule has 1 amide bonds. The molecular weight excluding hydrogens is 308 g/mol. The minimum atomic E-state index is -1.11. The summed E-state index contributed by atoms with van der Waals surface area (Å²) in [6, 6.07) is 7.37. The minimum absolute atomic E-state index is 0.0131. The topological polar surface area (TPSA) is 87.5 Å². The van der Waals surface area contributed by atoms with Crippen molar-refractivity contribution in [3.63, 3.8) is 0 Å². The number of carboxylic acid groups (broad SMARTS) is 1. The largest absolute Gasteiger partial charge is 0.477 e. The third kappa shape index (κ3) is 3.24. The number of nitrogens with one attached hydrogen (secondary N) is 1. The lowest BCUT2D eigenvalue weighted by atomic mass is 10.1. The standard InChI is InChI=1S/C17H20N4O3/c1-2-21-11-14(17(23)24)15(19-21)18-16(22)12-6-5-7-13(10-12)20-8-3-4-9-20/h5-7,10-11H,2-4,8-9H2,1H3,(H,23,24)(H,18,19,22). The number of aryl methyl sites for hydroxylation is 1. The number of aromatic nitrogens is 2. The molecule has 7 heteroatoms. The third-order valence-corrected chi connectivity index (χ3v) is 4.13. The summed E-state index contributed by atoms with van der Waals surface area (Å²) in [6.45, 7) is 4.37. The van der Waals surface area contributed by atoms with Crippen molar-refractivity contribution in [1.82, 2.24) is 9.78 Å². The fourth-order valence-corrected chi connectivity index (χ4v) is 2.83. The Balaban J connectivity index is 1.81. The molecule has 0 unspecified atom stereocenters. The van der Waals surface area contributed by atoms with Crippen LogP contribution in [0.5, 0.6) is 0 Å². The number of amides is 1. The summed E-state index contributed by atoms with van der Waals surface area (Å²) < 4.78 is 1.49. The number of hydrogen-bond acceptors (Lipinski definition) is 4. The highest BCUT2D eigenvalue weighted by Crippen LogP contribution is 2.22. The van der Waals surface area contributed by atoms with Gasteiger partial charge in [-0.15, -0.1) is 0 Å². The molecule has 2 N–H and O–H groups in total. The van der Waals surface area contributed by atoms with E-state index in [9.17, 15) is 14.7 Å². The molecule has 1 aromatic carbocycles. The number of hydrogen-bond donors (Lipinski definition) is 2. The molecule has 2 aromatic rings. The van der Waals surface area contributed by atoms with Gasteiger partial charge in [0, 0.05) is 37.1 Å². The van der Waals surface area contributed by atoms with Gasteiger partial charge < -0.3 is 15.3 Å². The van der Waals surface area contributed by atoms with Crippen LogP contribution in [0.2, 0.25) is 0 Å². The first-order chi connectivity index (χ1) is 11.6. The molecular formula is C17H20N4O3. The fraction of sp³-hybridized carbons (Fsp3) is 0.353. The average Bonchev–Trinajstić information content (AvgIpc) is 3.24. The zero-order chi connectivity index (χ0) is 17.1. The first-order valence-electron chi connectivity index (χ1n) is 8.05. The van der Waals surface area contributed by atoms with Crippen LogP contribution in [0.4, 0.5) is 11.5 Å². The second-order valence-electron chi connectivity index (χ2n) is 5.75. The van der Waals surface area contributed by atoms with Gasteiger partial charge in [0.15, 0.2) is 5.82 Å². The maximum atomic E-state index is 12.5. The van der Waals surface area contributed by atoms with Crippen molar-refractivity contribution in [3.05, 3.63) is 41.6 Å². The summed E-state index contributed by atoms with van der Waals surface area (Å²) >= 11 is 0. The predicted molar refractivity (Wildman–Crippen MR) is 90.7 cm³/mol. The van der Waals surface area contributed by atoms with Crippen LogP contribution in [0.15, 0.2) is 30.5 Å².